The number of urea groups is 1. The van der Waals surface area contributed by atoms with Crippen molar-refractivity contribution in [1.82, 2.24) is 9.80 Å². The fraction of sp³-hybridized carbons (Fsp3) is 0.350. The van der Waals surface area contributed by atoms with E-state index >= 15 is 0 Å². The highest BCUT2D eigenvalue weighted by atomic mass is 16.2. The van der Waals surface area contributed by atoms with E-state index in [2.05, 4.69) is 48.2 Å². The number of rotatable bonds is 3. The first-order valence-corrected chi connectivity index (χ1v) is 8.49. The Balaban J connectivity index is 1.55. The van der Waals surface area contributed by atoms with Crippen LogP contribution in [0, 0.1) is 6.92 Å². The van der Waals surface area contributed by atoms with Gasteiger partial charge in [0.05, 0.1) is 0 Å². The summed E-state index contributed by atoms with van der Waals surface area (Å²) in [5, 5.41) is 0. The normalized spacial score (nSPS) is 14.6. The number of piperazine rings is 1. The van der Waals surface area contributed by atoms with Gasteiger partial charge in [-0.2, -0.15) is 0 Å². The average molecular weight is 323 g/mol. The summed E-state index contributed by atoms with van der Waals surface area (Å²) < 4.78 is 0. The number of anilines is 1. The lowest BCUT2D eigenvalue weighted by atomic mass is 10.2. The average Bonchev–Trinajstić information content (AvgIpc) is 2.62. The number of benzene rings is 2. The standard InChI is InChI=1S/C20H25N3O/c1-17-7-6-10-19(15-17)22-11-13-23(14-12-22)20(24)21(2)16-18-8-4-3-5-9-18/h3-10,15H,11-14,16H2,1-2H3. The molecule has 2 aromatic rings. The van der Waals surface area contributed by atoms with Crippen LogP contribution in [0.4, 0.5) is 10.5 Å². The lowest BCUT2D eigenvalue weighted by molar-refractivity contribution is 0.157. The molecular weight excluding hydrogens is 298 g/mol. The zero-order valence-corrected chi connectivity index (χ0v) is 14.5. The number of hydrogen-bond acceptors (Lipinski definition) is 2. The maximum absolute atomic E-state index is 12.6. The molecule has 2 aromatic carbocycles. The molecule has 0 spiro atoms. The largest absolute Gasteiger partial charge is 0.368 e. The summed E-state index contributed by atoms with van der Waals surface area (Å²) in [5.74, 6) is 0. The lowest BCUT2D eigenvalue weighted by Gasteiger charge is -2.37. The van der Waals surface area contributed by atoms with Gasteiger partial charge in [-0.15, -0.1) is 0 Å². The molecule has 1 saturated heterocycles. The molecule has 2 amide bonds. The minimum absolute atomic E-state index is 0.114. The predicted octanol–water partition coefficient (Wildman–Crippen LogP) is 3.37. The number of nitrogens with zero attached hydrogens (tertiary/aromatic N) is 3. The number of carbonyl (C=O) groups is 1. The van der Waals surface area contributed by atoms with Gasteiger partial charge >= 0.3 is 6.03 Å². The number of carbonyl (C=O) groups excluding carboxylic acids is 1. The summed E-state index contributed by atoms with van der Waals surface area (Å²) in [6.45, 7) is 6.07. The van der Waals surface area contributed by atoms with Crippen molar-refractivity contribution < 1.29 is 4.79 Å². The smallest absolute Gasteiger partial charge is 0.320 e. The zero-order valence-electron chi connectivity index (χ0n) is 14.5. The van der Waals surface area contributed by atoms with Crippen molar-refractivity contribution in [3.05, 3.63) is 65.7 Å². The molecule has 0 saturated carbocycles. The Hall–Kier alpha value is -2.49. The lowest BCUT2D eigenvalue weighted by Crippen LogP contribution is -2.52. The second-order valence-corrected chi connectivity index (χ2v) is 6.44. The van der Waals surface area contributed by atoms with E-state index in [0.717, 1.165) is 31.7 Å². The van der Waals surface area contributed by atoms with E-state index in [9.17, 15) is 4.79 Å². The Kier molecular flexibility index (Phi) is 5.04. The Morgan fingerprint density at radius 1 is 1.00 bits per heavy atom. The minimum Gasteiger partial charge on any atom is -0.368 e. The molecule has 4 heteroatoms. The zero-order chi connectivity index (χ0) is 16.9. The maximum Gasteiger partial charge on any atom is 0.320 e. The summed E-state index contributed by atoms with van der Waals surface area (Å²) in [7, 11) is 1.88. The van der Waals surface area contributed by atoms with Crippen molar-refractivity contribution in [3.63, 3.8) is 0 Å². The topological polar surface area (TPSA) is 26.8 Å². The Morgan fingerprint density at radius 2 is 1.71 bits per heavy atom. The van der Waals surface area contributed by atoms with E-state index in [1.165, 1.54) is 11.3 Å². The van der Waals surface area contributed by atoms with Crippen molar-refractivity contribution in [3.8, 4) is 0 Å². The van der Waals surface area contributed by atoms with Gasteiger partial charge in [-0.3, -0.25) is 0 Å². The molecule has 1 heterocycles. The molecule has 0 atom stereocenters. The van der Waals surface area contributed by atoms with Crippen LogP contribution >= 0.6 is 0 Å². The molecule has 1 fully saturated rings. The number of hydrogen-bond donors (Lipinski definition) is 0. The van der Waals surface area contributed by atoms with Crippen LogP contribution in [0.5, 0.6) is 0 Å². The van der Waals surface area contributed by atoms with Crippen LogP contribution in [0.2, 0.25) is 0 Å². The summed E-state index contributed by atoms with van der Waals surface area (Å²) in [6, 6.07) is 18.8. The van der Waals surface area contributed by atoms with Gasteiger partial charge in [0.2, 0.25) is 0 Å². The van der Waals surface area contributed by atoms with Crippen LogP contribution in [-0.2, 0) is 6.54 Å². The first-order valence-electron chi connectivity index (χ1n) is 8.49. The molecule has 0 unspecified atom stereocenters. The molecule has 0 N–H and O–H groups in total. The van der Waals surface area contributed by atoms with Crippen LogP contribution in [0.1, 0.15) is 11.1 Å². The van der Waals surface area contributed by atoms with E-state index < -0.39 is 0 Å². The third kappa shape index (κ3) is 3.88. The second kappa shape index (κ2) is 7.39. The third-order valence-electron chi connectivity index (χ3n) is 4.51. The number of aryl methyl sites for hydroxylation is 1. The fourth-order valence-corrected chi connectivity index (χ4v) is 3.15. The van der Waals surface area contributed by atoms with Gasteiger partial charge in [-0.25, -0.2) is 4.79 Å². The monoisotopic (exact) mass is 323 g/mol. The van der Waals surface area contributed by atoms with Crippen LogP contribution in [0.15, 0.2) is 54.6 Å². The van der Waals surface area contributed by atoms with Crippen LogP contribution in [-0.4, -0.2) is 49.1 Å². The molecule has 4 nitrogen and oxygen atoms in total. The Morgan fingerprint density at radius 3 is 2.38 bits per heavy atom. The van der Waals surface area contributed by atoms with Crippen molar-refractivity contribution in [2.75, 3.05) is 38.1 Å². The first-order chi connectivity index (χ1) is 11.6. The van der Waals surface area contributed by atoms with Crippen LogP contribution in [0.3, 0.4) is 0 Å². The fourth-order valence-electron chi connectivity index (χ4n) is 3.15. The summed E-state index contributed by atoms with van der Waals surface area (Å²) >= 11 is 0. The highest BCUT2D eigenvalue weighted by Gasteiger charge is 2.23. The van der Waals surface area contributed by atoms with Gasteiger partial charge in [-0.05, 0) is 30.2 Å². The van der Waals surface area contributed by atoms with Crippen molar-refractivity contribution in [2.45, 2.75) is 13.5 Å². The molecular formula is C20H25N3O. The third-order valence-corrected chi connectivity index (χ3v) is 4.51. The van der Waals surface area contributed by atoms with Gasteiger partial charge in [0, 0.05) is 45.5 Å². The molecule has 1 aliphatic heterocycles. The van der Waals surface area contributed by atoms with Gasteiger partial charge in [-0.1, -0.05) is 42.5 Å². The van der Waals surface area contributed by atoms with E-state index in [4.69, 9.17) is 0 Å². The quantitative estimate of drug-likeness (QED) is 0.866. The maximum atomic E-state index is 12.6. The Bertz CT molecular complexity index is 678. The minimum atomic E-state index is 0.114. The predicted molar refractivity (Wildman–Crippen MR) is 98.3 cm³/mol. The molecule has 1 aliphatic rings. The van der Waals surface area contributed by atoms with Gasteiger partial charge < -0.3 is 14.7 Å². The van der Waals surface area contributed by atoms with E-state index in [-0.39, 0.29) is 6.03 Å². The first kappa shape index (κ1) is 16.4. The molecule has 24 heavy (non-hydrogen) atoms. The van der Waals surface area contributed by atoms with E-state index in [0.29, 0.717) is 6.54 Å². The summed E-state index contributed by atoms with van der Waals surface area (Å²) in [6.07, 6.45) is 0. The molecule has 126 valence electrons. The van der Waals surface area contributed by atoms with Gasteiger partial charge in [0.1, 0.15) is 0 Å². The summed E-state index contributed by atoms with van der Waals surface area (Å²) in [5.41, 5.74) is 3.68. The van der Waals surface area contributed by atoms with Gasteiger partial charge in [0.25, 0.3) is 0 Å². The molecule has 0 radical (unpaired) electrons. The molecule has 3 rings (SSSR count). The van der Waals surface area contributed by atoms with E-state index in [1.54, 1.807) is 4.90 Å². The van der Waals surface area contributed by atoms with Crippen LogP contribution in [0.25, 0.3) is 0 Å². The second-order valence-electron chi connectivity index (χ2n) is 6.44. The van der Waals surface area contributed by atoms with Crippen molar-refractivity contribution >= 4 is 11.7 Å². The Labute approximate surface area is 144 Å². The van der Waals surface area contributed by atoms with Crippen molar-refractivity contribution in [1.29, 1.82) is 0 Å². The SMILES string of the molecule is Cc1cccc(N2CCN(C(=O)N(C)Cc3ccccc3)CC2)c1. The van der Waals surface area contributed by atoms with Crippen LogP contribution < -0.4 is 4.90 Å². The highest BCUT2D eigenvalue weighted by molar-refractivity contribution is 5.74. The highest BCUT2D eigenvalue weighted by Crippen LogP contribution is 2.18. The van der Waals surface area contributed by atoms with E-state index in [1.807, 2.05) is 30.1 Å². The summed E-state index contributed by atoms with van der Waals surface area (Å²) in [4.78, 5) is 18.7. The number of amides is 2. The van der Waals surface area contributed by atoms with Crippen molar-refractivity contribution in [2.24, 2.45) is 0 Å². The molecule has 0 bridgehead atoms. The van der Waals surface area contributed by atoms with Gasteiger partial charge in [0.15, 0.2) is 0 Å². The molecule has 0 aromatic heterocycles. The molecule has 0 aliphatic carbocycles.